The summed E-state index contributed by atoms with van der Waals surface area (Å²) in [7, 11) is 0. The minimum absolute atomic E-state index is 0.183. The van der Waals surface area contributed by atoms with E-state index in [1.165, 1.54) is 0 Å². The van der Waals surface area contributed by atoms with Gasteiger partial charge in [0.15, 0.2) is 0 Å². The zero-order chi connectivity index (χ0) is 10.3. The topological polar surface area (TPSA) is 40.5 Å². The average molecular weight is 257 g/mol. The van der Waals surface area contributed by atoms with Crippen molar-refractivity contribution in [3.8, 4) is 5.75 Å². The summed E-state index contributed by atoms with van der Waals surface area (Å²) >= 11 is 3.30. The Morgan fingerprint density at radius 1 is 1.43 bits per heavy atom. The first-order valence-electron chi connectivity index (χ1n) is 4.81. The van der Waals surface area contributed by atoms with Gasteiger partial charge in [-0.25, -0.2) is 0 Å². The highest BCUT2D eigenvalue weighted by molar-refractivity contribution is 9.10. The van der Waals surface area contributed by atoms with Gasteiger partial charge >= 0.3 is 0 Å². The third-order valence-electron chi connectivity index (χ3n) is 2.76. The number of phenolic OH excluding ortho intramolecular Hbond substituents is 1. The molecule has 0 spiro atoms. The van der Waals surface area contributed by atoms with Gasteiger partial charge in [0.2, 0.25) is 0 Å². The van der Waals surface area contributed by atoms with Crippen molar-refractivity contribution in [1.82, 2.24) is 0 Å². The first-order chi connectivity index (χ1) is 6.57. The second-order valence-electron chi connectivity index (χ2n) is 3.86. The van der Waals surface area contributed by atoms with Gasteiger partial charge in [-0.2, -0.15) is 0 Å². The van der Waals surface area contributed by atoms with Gasteiger partial charge in [0, 0.05) is 5.56 Å². The van der Waals surface area contributed by atoms with Crippen molar-refractivity contribution < 1.29 is 10.2 Å². The van der Waals surface area contributed by atoms with Crippen LogP contribution in [0.1, 0.15) is 30.9 Å². The fraction of sp³-hybridized carbons (Fsp3) is 0.455. The predicted octanol–water partition coefficient (Wildman–Crippen LogP) is 2.70. The Balaban J connectivity index is 2.52. The Labute approximate surface area is 91.7 Å². The van der Waals surface area contributed by atoms with Crippen molar-refractivity contribution in [2.24, 2.45) is 0 Å². The highest BCUT2D eigenvalue weighted by Gasteiger charge is 2.44. The summed E-state index contributed by atoms with van der Waals surface area (Å²) in [6, 6.07) is 3.79. The predicted molar refractivity (Wildman–Crippen MR) is 58.3 cm³/mol. The summed E-state index contributed by atoms with van der Waals surface area (Å²) in [6.45, 7) is 2.06. The van der Waals surface area contributed by atoms with Gasteiger partial charge < -0.3 is 10.2 Å². The molecule has 1 fully saturated rings. The van der Waals surface area contributed by atoms with Crippen molar-refractivity contribution >= 4 is 15.9 Å². The van der Waals surface area contributed by atoms with Gasteiger partial charge in [-0.15, -0.1) is 0 Å². The van der Waals surface area contributed by atoms with Crippen LogP contribution in [0.3, 0.4) is 0 Å². The molecule has 2 rings (SSSR count). The van der Waals surface area contributed by atoms with E-state index in [1.807, 2.05) is 12.1 Å². The molecule has 14 heavy (non-hydrogen) atoms. The monoisotopic (exact) mass is 256 g/mol. The van der Waals surface area contributed by atoms with Gasteiger partial charge in [-0.1, -0.05) is 6.92 Å². The lowest BCUT2D eigenvalue weighted by molar-refractivity contribution is 0.147. The lowest BCUT2D eigenvalue weighted by atomic mass is 10.0. The third-order valence-corrected chi connectivity index (χ3v) is 3.36. The van der Waals surface area contributed by atoms with Crippen LogP contribution in [0.5, 0.6) is 5.75 Å². The second-order valence-corrected chi connectivity index (χ2v) is 4.71. The molecule has 2 nitrogen and oxygen atoms in total. The molecular formula is C11H13BrO2. The number of aryl methyl sites for hydroxylation is 1. The summed E-state index contributed by atoms with van der Waals surface area (Å²) in [4.78, 5) is 0. The number of hydrogen-bond donors (Lipinski definition) is 2. The number of aliphatic hydroxyl groups is 1. The first-order valence-corrected chi connectivity index (χ1v) is 5.60. The number of hydrogen-bond acceptors (Lipinski definition) is 2. The number of phenols is 1. The Hall–Kier alpha value is -0.540. The van der Waals surface area contributed by atoms with E-state index < -0.39 is 5.60 Å². The largest absolute Gasteiger partial charge is 0.506 e. The Morgan fingerprint density at radius 3 is 2.57 bits per heavy atom. The van der Waals surface area contributed by atoms with Crippen LogP contribution in [0.4, 0.5) is 0 Å². The van der Waals surface area contributed by atoms with Crippen molar-refractivity contribution in [3.63, 3.8) is 0 Å². The van der Waals surface area contributed by atoms with Crippen molar-refractivity contribution in [2.45, 2.75) is 31.8 Å². The molecule has 2 N–H and O–H groups in total. The van der Waals surface area contributed by atoms with Crippen LogP contribution in [0.2, 0.25) is 0 Å². The lowest BCUT2D eigenvalue weighted by Crippen LogP contribution is -2.05. The maximum atomic E-state index is 9.94. The highest BCUT2D eigenvalue weighted by atomic mass is 79.9. The molecule has 1 aromatic carbocycles. The van der Waals surface area contributed by atoms with Crippen LogP contribution >= 0.6 is 15.9 Å². The van der Waals surface area contributed by atoms with E-state index in [0.717, 1.165) is 24.8 Å². The third kappa shape index (κ3) is 1.55. The normalized spacial score (nSPS) is 18.2. The summed E-state index contributed by atoms with van der Waals surface area (Å²) in [6.07, 6.45) is 2.41. The van der Waals surface area contributed by atoms with Gasteiger partial charge in [-0.3, -0.25) is 0 Å². The quantitative estimate of drug-likeness (QED) is 0.855. The summed E-state index contributed by atoms with van der Waals surface area (Å²) in [5, 5.41) is 19.7. The molecule has 0 aromatic heterocycles. The van der Waals surface area contributed by atoms with Gasteiger partial charge in [0.25, 0.3) is 0 Å². The number of halogens is 1. The van der Waals surface area contributed by atoms with Crippen molar-refractivity contribution in [1.29, 1.82) is 0 Å². The molecule has 3 heteroatoms. The molecule has 1 saturated carbocycles. The molecule has 0 amide bonds. The van der Waals surface area contributed by atoms with Crippen LogP contribution in [-0.4, -0.2) is 10.2 Å². The van der Waals surface area contributed by atoms with Crippen LogP contribution in [0.25, 0.3) is 0 Å². The van der Waals surface area contributed by atoms with E-state index >= 15 is 0 Å². The molecule has 1 aliphatic carbocycles. The molecule has 0 bridgehead atoms. The SMILES string of the molecule is CCc1cc(Br)c(O)c(C2(O)CC2)c1. The molecule has 0 saturated heterocycles. The fourth-order valence-electron chi connectivity index (χ4n) is 1.60. The van der Waals surface area contributed by atoms with E-state index in [2.05, 4.69) is 22.9 Å². The molecule has 1 aromatic rings. The summed E-state index contributed by atoms with van der Waals surface area (Å²) < 4.78 is 0.673. The second kappa shape index (κ2) is 3.24. The minimum Gasteiger partial charge on any atom is -0.506 e. The smallest absolute Gasteiger partial charge is 0.135 e. The standard InChI is InChI=1S/C11H13BrO2/c1-2-7-5-8(11(14)3-4-11)10(13)9(12)6-7/h5-6,13-14H,2-4H2,1H3. The summed E-state index contributed by atoms with van der Waals surface area (Å²) in [5.74, 6) is 0.183. The van der Waals surface area contributed by atoms with Crippen LogP contribution in [-0.2, 0) is 12.0 Å². The van der Waals surface area contributed by atoms with E-state index in [9.17, 15) is 10.2 Å². The van der Waals surface area contributed by atoms with Crippen LogP contribution in [0, 0.1) is 0 Å². The first kappa shape index (κ1) is 9.99. The molecule has 0 radical (unpaired) electrons. The highest BCUT2D eigenvalue weighted by Crippen LogP contribution is 2.50. The molecule has 0 heterocycles. The van der Waals surface area contributed by atoms with Gasteiger partial charge in [0.05, 0.1) is 10.1 Å². The van der Waals surface area contributed by atoms with Gasteiger partial charge in [-0.05, 0) is 52.9 Å². The maximum Gasteiger partial charge on any atom is 0.135 e. The van der Waals surface area contributed by atoms with Crippen LogP contribution in [0.15, 0.2) is 16.6 Å². The molecule has 0 unspecified atom stereocenters. The Bertz CT molecular complexity index is 370. The molecular weight excluding hydrogens is 244 g/mol. The number of benzene rings is 1. The molecule has 0 atom stereocenters. The van der Waals surface area contributed by atoms with Gasteiger partial charge in [0.1, 0.15) is 5.75 Å². The summed E-state index contributed by atoms with van der Waals surface area (Å²) in [5.41, 5.74) is 1.03. The number of aromatic hydroxyl groups is 1. The minimum atomic E-state index is -0.766. The lowest BCUT2D eigenvalue weighted by Gasteiger charge is -2.13. The molecule has 76 valence electrons. The van der Waals surface area contributed by atoms with E-state index in [1.54, 1.807) is 0 Å². The zero-order valence-electron chi connectivity index (χ0n) is 8.05. The fourth-order valence-corrected chi connectivity index (χ4v) is 2.11. The maximum absolute atomic E-state index is 9.94. The van der Waals surface area contributed by atoms with E-state index in [0.29, 0.717) is 10.0 Å². The van der Waals surface area contributed by atoms with E-state index in [4.69, 9.17) is 0 Å². The Kier molecular flexibility index (Phi) is 2.32. The average Bonchev–Trinajstić information content (AvgIpc) is 2.89. The Morgan fingerprint density at radius 2 is 2.07 bits per heavy atom. The van der Waals surface area contributed by atoms with Crippen LogP contribution < -0.4 is 0 Å². The van der Waals surface area contributed by atoms with Crippen molar-refractivity contribution in [3.05, 3.63) is 27.7 Å². The van der Waals surface area contributed by atoms with Crippen molar-refractivity contribution in [2.75, 3.05) is 0 Å². The zero-order valence-corrected chi connectivity index (χ0v) is 9.63. The number of rotatable bonds is 2. The molecule has 1 aliphatic rings. The van der Waals surface area contributed by atoms with E-state index in [-0.39, 0.29) is 5.75 Å². The molecule has 0 aliphatic heterocycles.